The van der Waals surface area contributed by atoms with Gasteiger partial charge < -0.3 is 5.11 Å². The van der Waals surface area contributed by atoms with Crippen molar-refractivity contribution >= 4 is 0 Å². The first kappa shape index (κ1) is 10.9. The maximum atomic E-state index is 8.89. The Balaban J connectivity index is 3.15. The zero-order valence-electron chi connectivity index (χ0n) is 7.85. The van der Waals surface area contributed by atoms with Crippen molar-refractivity contribution in [3.8, 4) is 0 Å². The molecule has 3 heteroatoms. The van der Waals surface area contributed by atoms with E-state index in [-0.39, 0.29) is 11.7 Å². The quantitative estimate of drug-likeness (QED) is 0.479. The average molecular weight is 161 g/mol. The number of aliphatic hydroxyl groups excluding tert-OH is 1. The van der Waals surface area contributed by atoms with E-state index in [0.717, 1.165) is 6.42 Å². The van der Waals surface area contributed by atoms with Gasteiger partial charge in [-0.25, -0.2) is 5.48 Å². The lowest BCUT2D eigenvalue weighted by atomic mass is 10.2. The second-order valence-corrected chi connectivity index (χ2v) is 3.75. The first-order valence-electron chi connectivity index (χ1n) is 4.01. The van der Waals surface area contributed by atoms with E-state index in [1.54, 1.807) is 6.92 Å². The number of hydrogen-bond donors (Lipinski definition) is 2. The zero-order chi connectivity index (χ0) is 8.91. The average Bonchev–Trinajstić information content (AvgIpc) is 1.78. The SMILES string of the molecule is CC(O)CCNOC(C)(C)C. The lowest BCUT2D eigenvalue weighted by Crippen LogP contribution is -2.30. The topological polar surface area (TPSA) is 41.5 Å². The van der Waals surface area contributed by atoms with Gasteiger partial charge in [0.25, 0.3) is 0 Å². The molecule has 0 fully saturated rings. The Morgan fingerprint density at radius 3 is 2.36 bits per heavy atom. The van der Waals surface area contributed by atoms with E-state index < -0.39 is 0 Å². The van der Waals surface area contributed by atoms with Gasteiger partial charge in [-0.05, 0) is 34.1 Å². The highest BCUT2D eigenvalue weighted by atomic mass is 16.7. The van der Waals surface area contributed by atoms with Crippen molar-refractivity contribution in [3.05, 3.63) is 0 Å². The monoisotopic (exact) mass is 161 g/mol. The van der Waals surface area contributed by atoms with Crippen LogP contribution in [0, 0.1) is 0 Å². The van der Waals surface area contributed by atoms with Gasteiger partial charge in [0.2, 0.25) is 0 Å². The highest BCUT2D eigenvalue weighted by Crippen LogP contribution is 2.03. The molecule has 0 spiro atoms. The van der Waals surface area contributed by atoms with Crippen LogP contribution < -0.4 is 5.48 Å². The fourth-order valence-electron chi connectivity index (χ4n) is 0.535. The number of aliphatic hydroxyl groups is 1. The third-order valence-electron chi connectivity index (χ3n) is 1.04. The van der Waals surface area contributed by atoms with Crippen molar-refractivity contribution in [3.63, 3.8) is 0 Å². The van der Waals surface area contributed by atoms with Gasteiger partial charge in [0.05, 0.1) is 11.7 Å². The molecule has 0 radical (unpaired) electrons. The van der Waals surface area contributed by atoms with Crippen molar-refractivity contribution in [1.82, 2.24) is 5.48 Å². The third-order valence-corrected chi connectivity index (χ3v) is 1.04. The van der Waals surface area contributed by atoms with Crippen LogP contribution in [-0.2, 0) is 4.84 Å². The van der Waals surface area contributed by atoms with Crippen LogP contribution in [0.15, 0.2) is 0 Å². The third kappa shape index (κ3) is 9.88. The fraction of sp³-hybridized carbons (Fsp3) is 1.00. The summed E-state index contributed by atoms with van der Waals surface area (Å²) in [6, 6.07) is 0. The van der Waals surface area contributed by atoms with Crippen LogP contribution in [0.2, 0.25) is 0 Å². The highest BCUT2D eigenvalue weighted by Gasteiger charge is 2.09. The minimum absolute atomic E-state index is 0.154. The molecule has 0 aliphatic rings. The van der Waals surface area contributed by atoms with Gasteiger partial charge in [0, 0.05) is 6.54 Å². The minimum Gasteiger partial charge on any atom is -0.393 e. The molecule has 0 aromatic carbocycles. The first-order chi connectivity index (χ1) is 4.92. The molecule has 1 unspecified atom stereocenters. The Morgan fingerprint density at radius 1 is 1.45 bits per heavy atom. The summed E-state index contributed by atoms with van der Waals surface area (Å²) in [5.41, 5.74) is 2.64. The van der Waals surface area contributed by atoms with E-state index in [0.29, 0.717) is 6.54 Å². The number of hydrogen-bond acceptors (Lipinski definition) is 3. The van der Waals surface area contributed by atoms with Gasteiger partial charge in [-0.3, -0.25) is 4.84 Å². The van der Waals surface area contributed by atoms with E-state index in [2.05, 4.69) is 5.48 Å². The largest absolute Gasteiger partial charge is 0.393 e. The molecule has 0 saturated heterocycles. The van der Waals surface area contributed by atoms with Gasteiger partial charge in [-0.2, -0.15) is 0 Å². The maximum Gasteiger partial charge on any atom is 0.0812 e. The molecule has 0 amide bonds. The summed E-state index contributed by atoms with van der Waals surface area (Å²) >= 11 is 0. The molecule has 0 aliphatic carbocycles. The van der Waals surface area contributed by atoms with E-state index in [9.17, 15) is 0 Å². The number of rotatable bonds is 4. The summed E-state index contributed by atoms with van der Waals surface area (Å²) in [5, 5.41) is 8.89. The predicted octanol–water partition coefficient (Wildman–Crippen LogP) is 1.08. The normalized spacial score (nSPS) is 15.0. The lowest BCUT2D eigenvalue weighted by Gasteiger charge is -2.19. The van der Waals surface area contributed by atoms with Crippen LogP contribution in [0.1, 0.15) is 34.1 Å². The molecule has 0 rings (SSSR count). The van der Waals surface area contributed by atoms with Crippen LogP contribution in [0.5, 0.6) is 0 Å². The number of hydroxylamine groups is 1. The van der Waals surface area contributed by atoms with E-state index in [1.165, 1.54) is 0 Å². The van der Waals surface area contributed by atoms with Crippen LogP contribution in [0.25, 0.3) is 0 Å². The smallest absolute Gasteiger partial charge is 0.0812 e. The van der Waals surface area contributed by atoms with Crippen molar-refractivity contribution in [1.29, 1.82) is 0 Å². The first-order valence-corrected chi connectivity index (χ1v) is 4.01. The zero-order valence-corrected chi connectivity index (χ0v) is 7.85. The fourth-order valence-corrected chi connectivity index (χ4v) is 0.535. The van der Waals surface area contributed by atoms with Crippen molar-refractivity contribution in [2.75, 3.05) is 6.54 Å². The van der Waals surface area contributed by atoms with Crippen LogP contribution >= 0.6 is 0 Å². The summed E-state index contributed by atoms with van der Waals surface area (Å²) in [5.74, 6) is 0. The molecule has 11 heavy (non-hydrogen) atoms. The summed E-state index contributed by atoms with van der Waals surface area (Å²) < 4.78 is 0. The summed E-state index contributed by atoms with van der Waals surface area (Å²) in [7, 11) is 0. The van der Waals surface area contributed by atoms with E-state index in [4.69, 9.17) is 9.94 Å². The summed E-state index contributed by atoms with van der Waals surface area (Å²) in [4.78, 5) is 5.22. The van der Waals surface area contributed by atoms with Gasteiger partial charge in [0.15, 0.2) is 0 Å². The molecule has 1 atom stereocenters. The summed E-state index contributed by atoms with van der Waals surface area (Å²) in [6.45, 7) is 8.38. The second kappa shape index (κ2) is 4.70. The van der Waals surface area contributed by atoms with Crippen molar-refractivity contribution in [2.24, 2.45) is 0 Å². The van der Waals surface area contributed by atoms with Gasteiger partial charge >= 0.3 is 0 Å². The molecular formula is C8H19NO2. The Kier molecular flexibility index (Phi) is 4.65. The molecule has 0 aliphatic heterocycles. The molecular weight excluding hydrogens is 142 g/mol. The van der Waals surface area contributed by atoms with Crippen LogP contribution in [0.3, 0.4) is 0 Å². The van der Waals surface area contributed by atoms with Crippen molar-refractivity contribution < 1.29 is 9.94 Å². The second-order valence-electron chi connectivity index (χ2n) is 3.75. The van der Waals surface area contributed by atoms with Gasteiger partial charge in [-0.15, -0.1) is 0 Å². The van der Waals surface area contributed by atoms with Gasteiger partial charge in [-0.1, -0.05) is 0 Å². The highest BCUT2D eigenvalue weighted by molar-refractivity contribution is 4.56. The van der Waals surface area contributed by atoms with Crippen LogP contribution in [-0.4, -0.2) is 23.4 Å². The molecule has 0 saturated carbocycles. The lowest BCUT2D eigenvalue weighted by molar-refractivity contribution is -0.0749. The molecule has 68 valence electrons. The molecule has 0 bridgehead atoms. The molecule has 0 heterocycles. The Morgan fingerprint density at radius 2 is 2.00 bits per heavy atom. The molecule has 0 aromatic rings. The van der Waals surface area contributed by atoms with Crippen LogP contribution in [0.4, 0.5) is 0 Å². The molecule has 2 N–H and O–H groups in total. The Labute approximate surface area is 68.7 Å². The van der Waals surface area contributed by atoms with E-state index in [1.807, 2.05) is 20.8 Å². The van der Waals surface area contributed by atoms with Crippen molar-refractivity contribution in [2.45, 2.75) is 45.8 Å². The standard InChI is InChI=1S/C8H19NO2/c1-7(10)5-6-9-11-8(2,3)4/h7,9-10H,5-6H2,1-4H3. The Hall–Kier alpha value is -0.120. The van der Waals surface area contributed by atoms with Gasteiger partial charge in [0.1, 0.15) is 0 Å². The summed E-state index contributed by atoms with van der Waals surface area (Å²) in [6.07, 6.45) is 0.460. The predicted molar refractivity (Wildman–Crippen MR) is 45.1 cm³/mol. The maximum absolute atomic E-state index is 8.89. The minimum atomic E-state index is -0.258. The van der Waals surface area contributed by atoms with E-state index >= 15 is 0 Å². The Bertz CT molecular complexity index is 96.8. The molecule has 0 aromatic heterocycles. The number of nitrogens with one attached hydrogen (secondary N) is 1. The molecule has 3 nitrogen and oxygen atoms in total.